The molecule has 8 heterocycles. The SMILES string of the molecule is C=C(C)C(=O)OCC(=O)OC[C@H]1O[C@@H](n2ccc(N)nc2=O)C(F)[C@H]1O.C=C(C)C(=O)OCC(=O)OC[C@H]1O[C@@H](n2ccc(NC(=O)OC(C)(C)C)nc2=O)C(F)[C@H]1O.C=C(C)C(=O)OCC(=O)O[C@@H]1C(F)[C@H](n2ccc(N)nc2=O)O[C@@H]1CO.C=C(C)C(=O)OCC(=O)O[C@@H]1C(F)[C@H](n2ccc(NC(=O)OC(C)(C)C)nc2=O)O[C@@H]1CO. The Kier molecular flexibility index (Phi) is 35.2. The molecule has 44 nitrogen and oxygen atoms in total. The van der Waals surface area contributed by atoms with Gasteiger partial charge in [-0.25, -0.2) is 84.7 Å². The Hall–Kier alpha value is -12.2. The van der Waals surface area contributed by atoms with Crippen molar-refractivity contribution in [2.24, 2.45) is 0 Å². The molecule has 0 saturated carbocycles. The van der Waals surface area contributed by atoms with Crippen LogP contribution in [0.25, 0.3) is 0 Å². The molecule has 4 unspecified atom stereocenters. The fraction of sp³-hybridized carbons (Fsp3) is 0.514. The van der Waals surface area contributed by atoms with Gasteiger partial charge < -0.3 is 98.2 Å². The largest absolute Gasteiger partial charge is 0.460 e. The van der Waals surface area contributed by atoms with E-state index in [0.29, 0.717) is 0 Å². The van der Waals surface area contributed by atoms with Crippen LogP contribution in [0.1, 0.15) is 94.1 Å². The van der Waals surface area contributed by atoms with Crippen molar-refractivity contribution in [3.63, 3.8) is 0 Å². The molecule has 0 bridgehead atoms. The third-order valence-corrected chi connectivity index (χ3v) is 15.2. The molecular formula is C70H88F4N12O32. The predicted octanol–water partition coefficient (Wildman–Crippen LogP) is -0.133. The van der Waals surface area contributed by atoms with Gasteiger partial charge in [-0.15, -0.1) is 0 Å². The zero-order valence-electron chi connectivity index (χ0n) is 64.8. The molecule has 4 aromatic heterocycles. The van der Waals surface area contributed by atoms with Gasteiger partial charge in [0.25, 0.3) is 0 Å². The van der Waals surface area contributed by atoms with E-state index in [2.05, 4.69) is 75.8 Å². The summed E-state index contributed by atoms with van der Waals surface area (Å²) in [7, 11) is 0. The highest BCUT2D eigenvalue weighted by Gasteiger charge is 2.52. The number of nitrogens with one attached hydrogen (secondary N) is 2. The van der Waals surface area contributed by atoms with E-state index >= 15 is 4.39 Å². The third-order valence-electron chi connectivity index (χ3n) is 15.2. The number of anilines is 4. The zero-order valence-corrected chi connectivity index (χ0v) is 64.8. The minimum Gasteiger partial charge on any atom is -0.460 e. The number of aromatic nitrogens is 8. The van der Waals surface area contributed by atoms with E-state index in [0.717, 1.165) is 30.7 Å². The Morgan fingerprint density at radius 3 is 0.958 bits per heavy atom. The summed E-state index contributed by atoms with van der Waals surface area (Å²) in [5.74, 6) is -7.55. The number of halogens is 4. The number of aliphatic hydroxyl groups is 4. The molecule has 16 atom stereocenters. The smallest absolute Gasteiger partial charge is 0.413 e. The molecule has 0 aliphatic carbocycles. The van der Waals surface area contributed by atoms with Crippen LogP contribution >= 0.6 is 0 Å². The van der Waals surface area contributed by atoms with Gasteiger partial charge in [0, 0.05) is 47.1 Å². The molecule has 648 valence electrons. The normalized spacial score (nSPS) is 23.5. The number of esters is 8. The first-order valence-corrected chi connectivity index (χ1v) is 34.7. The number of hydrogen-bond donors (Lipinski definition) is 8. The number of alkyl halides is 4. The summed E-state index contributed by atoms with van der Waals surface area (Å²) in [6.07, 6.45) is -22.6. The number of nitrogens with zero attached hydrogens (tertiary/aromatic N) is 8. The van der Waals surface area contributed by atoms with Crippen molar-refractivity contribution in [1.29, 1.82) is 0 Å². The summed E-state index contributed by atoms with van der Waals surface area (Å²) in [6, 6.07) is 4.97. The molecule has 4 aliphatic rings. The monoisotopic (exact) mass is 1680 g/mol. The molecule has 4 aliphatic heterocycles. The first kappa shape index (κ1) is 96.4. The second-order valence-corrected chi connectivity index (χ2v) is 27.4. The summed E-state index contributed by atoms with van der Waals surface area (Å²) < 4.78 is 131. The van der Waals surface area contributed by atoms with Crippen LogP contribution in [0.3, 0.4) is 0 Å². The minimum atomic E-state index is -2.06. The van der Waals surface area contributed by atoms with Gasteiger partial charge in [0.2, 0.25) is 0 Å². The van der Waals surface area contributed by atoms with Crippen LogP contribution < -0.4 is 44.9 Å². The number of rotatable bonds is 26. The molecule has 8 rings (SSSR count). The van der Waals surface area contributed by atoms with Gasteiger partial charge in [0.05, 0.1) is 13.2 Å². The quantitative estimate of drug-likeness (QED) is 0.0176. The second kappa shape index (κ2) is 43.1. The van der Waals surface area contributed by atoms with Crippen molar-refractivity contribution in [3.05, 3.63) is 140 Å². The van der Waals surface area contributed by atoms with Crippen molar-refractivity contribution in [3.8, 4) is 0 Å². The second-order valence-electron chi connectivity index (χ2n) is 27.4. The lowest BCUT2D eigenvalue weighted by Gasteiger charge is -2.20. The number of hydrogen-bond acceptors (Lipinski definition) is 38. The van der Waals surface area contributed by atoms with Crippen molar-refractivity contribution in [2.75, 3.05) is 75.0 Å². The fourth-order valence-electron chi connectivity index (χ4n) is 9.75. The summed E-state index contributed by atoms with van der Waals surface area (Å²) in [5.41, 5.74) is 5.87. The maximum Gasteiger partial charge on any atom is 0.413 e. The van der Waals surface area contributed by atoms with E-state index in [1.165, 1.54) is 64.4 Å². The summed E-state index contributed by atoms with van der Waals surface area (Å²) in [6.45, 7) is 23.5. The Balaban J connectivity index is 0.000000282. The molecule has 48 heteroatoms. The van der Waals surface area contributed by atoms with Crippen LogP contribution in [0.15, 0.2) is 117 Å². The Morgan fingerprint density at radius 2 is 0.695 bits per heavy atom. The molecule has 10 N–H and O–H groups in total. The van der Waals surface area contributed by atoms with E-state index < -0.39 is 245 Å². The van der Waals surface area contributed by atoms with E-state index in [4.69, 9.17) is 58.8 Å². The molecule has 0 aromatic carbocycles. The Bertz CT molecular complexity index is 4600. The number of nitrogens with two attached hydrogens (primary N) is 2. The highest BCUT2D eigenvalue weighted by atomic mass is 19.1. The molecule has 2 amide bonds. The minimum absolute atomic E-state index is 0.0463. The Labute approximate surface area is 665 Å². The number of ether oxygens (including phenoxy) is 14. The van der Waals surface area contributed by atoms with Gasteiger partial charge in [-0.2, -0.15) is 19.9 Å². The van der Waals surface area contributed by atoms with E-state index in [1.54, 1.807) is 41.5 Å². The highest BCUT2D eigenvalue weighted by Crippen LogP contribution is 2.36. The van der Waals surface area contributed by atoms with E-state index in [9.17, 15) is 101 Å². The highest BCUT2D eigenvalue weighted by molar-refractivity contribution is 5.90. The number of amides is 2. The molecule has 4 saturated heterocycles. The van der Waals surface area contributed by atoms with Crippen molar-refractivity contribution in [1.82, 2.24) is 38.2 Å². The molecule has 118 heavy (non-hydrogen) atoms. The maximum atomic E-state index is 15.0. The first-order valence-electron chi connectivity index (χ1n) is 34.7. The molecule has 4 aromatic rings. The topological polar surface area (TPSA) is 597 Å². The average molecular weight is 1690 g/mol. The van der Waals surface area contributed by atoms with Crippen LogP contribution in [0, 0.1) is 0 Å². The number of carbonyl (C=O) groups is 10. The average Bonchev–Trinajstić information content (AvgIpc) is 1.66. The molecule has 4 fully saturated rings. The van der Waals surface area contributed by atoms with Gasteiger partial charge in [-0.3, -0.25) is 28.9 Å². The fourth-order valence-corrected chi connectivity index (χ4v) is 9.75. The van der Waals surface area contributed by atoms with Gasteiger partial charge in [-0.05, 0) is 93.5 Å². The van der Waals surface area contributed by atoms with Crippen molar-refractivity contribution < 1.29 is 152 Å². The summed E-state index contributed by atoms with van der Waals surface area (Å²) in [4.78, 5) is 178. The van der Waals surface area contributed by atoms with Gasteiger partial charge in [-0.1, -0.05) is 26.3 Å². The van der Waals surface area contributed by atoms with Crippen LogP contribution in [-0.4, -0.2) is 256 Å². The lowest BCUT2D eigenvalue weighted by atomic mass is 10.1. The molecular weight excluding hydrogens is 1600 g/mol. The van der Waals surface area contributed by atoms with Crippen LogP contribution in [-0.2, 0) is 105 Å². The number of nitrogen functional groups attached to an aromatic ring is 2. The van der Waals surface area contributed by atoms with Gasteiger partial charge in [0.1, 0.15) is 84.3 Å². The van der Waals surface area contributed by atoms with Crippen LogP contribution in [0.4, 0.5) is 50.4 Å². The zero-order chi connectivity index (χ0) is 88.7. The van der Waals surface area contributed by atoms with E-state index in [1.807, 2.05) is 0 Å². The van der Waals surface area contributed by atoms with Gasteiger partial charge >= 0.3 is 82.7 Å². The lowest BCUT2D eigenvalue weighted by Crippen LogP contribution is -2.38. The van der Waals surface area contributed by atoms with E-state index in [-0.39, 0.29) is 45.6 Å². The van der Waals surface area contributed by atoms with Crippen molar-refractivity contribution in [2.45, 2.75) is 179 Å². The van der Waals surface area contributed by atoms with Crippen LogP contribution in [0.2, 0.25) is 0 Å². The van der Waals surface area contributed by atoms with Gasteiger partial charge in [0.15, 0.2) is 88.2 Å². The molecule has 0 radical (unpaired) electrons. The first-order chi connectivity index (χ1) is 55.0. The van der Waals surface area contributed by atoms with Crippen molar-refractivity contribution >= 4 is 83.2 Å². The number of aliphatic hydroxyl groups excluding tert-OH is 4. The molecule has 0 spiro atoms. The number of carbonyl (C=O) groups excluding carboxylic acids is 10. The summed E-state index contributed by atoms with van der Waals surface area (Å²) in [5, 5.41) is 43.3. The predicted molar refractivity (Wildman–Crippen MR) is 389 cm³/mol. The van der Waals surface area contributed by atoms with Crippen LogP contribution in [0.5, 0.6) is 0 Å². The lowest BCUT2D eigenvalue weighted by molar-refractivity contribution is -0.165. The maximum absolute atomic E-state index is 15.0. The standard InChI is InChI=1S/2C20H26FN3O9.2C15H18FN3O7/c1-10(2)17(27)31-9-13(25)30-8-11-15(26)14(21)16(32-11)24-7-6-12(22-18(24)28)23-19(29)33-20(3,4)5;1-10(2)17(27)30-9-13(26)32-15-11(8-25)31-16(14(15)21)24-7-6-12(22-18(24)28)23-19(29)33-20(3,4)5;1-7(2)14(22)25-6-10(20)24-5-8-12(21)11(16)13(26-8)19-4-3-9(17)18-15(19)23;1-7(2)14(22)24-6-10(21)26-12-8(5-20)25-13(11(12)16)19-4-3-9(17)18-15(19)23/h6-7,11,14-16,26H,1,8-9H2,2-5H3,(H,22,23,28,29);6-7,11,14-16,25H,1,8-9H2,2-5H3,(H,22,23,28,29);3-4,8,11-13,21H,1,5-6H2,2H3,(H2,17,18,23);3-4,8,11-13,20H,1,5-6H2,2H3,(H2,17,18,23)/t2*11-,14?,15+,16-;2*8-,11?,12+,13-/m1111/s1. The summed E-state index contributed by atoms with van der Waals surface area (Å²) >= 11 is 0. The third kappa shape index (κ3) is 28.6. The Morgan fingerprint density at radius 1 is 0.432 bits per heavy atom.